The molecule has 2 nitrogen and oxygen atoms in total. The molecule has 2 saturated carbocycles. The number of nitrogens with two attached hydrogens (primary N) is 1. The quantitative estimate of drug-likeness (QED) is 0.781. The Morgan fingerprint density at radius 3 is 2.25 bits per heavy atom. The third-order valence-electron chi connectivity index (χ3n) is 4.82. The highest BCUT2D eigenvalue weighted by Crippen LogP contribution is 2.30. The van der Waals surface area contributed by atoms with E-state index in [1.807, 2.05) is 0 Å². The van der Waals surface area contributed by atoms with Crippen LogP contribution in [0.15, 0.2) is 0 Å². The van der Waals surface area contributed by atoms with Crippen molar-refractivity contribution in [2.45, 2.75) is 76.4 Å². The second kappa shape index (κ2) is 5.50. The van der Waals surface area contributed by atoms with Crippen molar-refractivity contribution in [2.75, 3.05) is 7.05 Å². The Labute approximate surface area is 101 Å². The van der Waals surface area contributed by atoms with Crippen molar-refractivity contribution in [3.05, 3.63) is 0 Å². The summed E-state index contributed by atoms with van der Waals surface area (Å²) in [6.45, 7) is 2.40. The summed E-state index contributed by atoms with van der Waals surface area (Å²) < 4.78 is 0. The van der Waals surface area contributed by atoms with Gasteiger partial charge in [0.1, 0.15) is 0 Å². The lowest BCUT2D eigenvalue weighted by molar-refractivity contribution is 0.0951. The third kappa shape index (κ3) is 2.98. The van der Waals surface area contributed by atoms with E-state index >= 15 is 0 Å². The first kappa shape index (κ1) is 12.4. The zero-order valence-corrected chi connectivity index (χ0v) is 11.0. The topological polar surface area (TPSA) is 29.3 Å². The van der Waals surface area contributed by atoms with Crippen molar-refractivity contribution in [3.8, 4) is 0 Å². The maximum absolute atomic E-state index is 6.09. The molecule has 94 valence electrons. The van der Waals surface area contributed by atoms with E-state index in [4.69, 9.17) is 5.73 Å². The molecule has 0 bridgehead atoms. The first-order chi connectivity index (χ1) is 7.66. The van der Waals surface area contributed by atoms with Crippen LogP contribution in [0.2, 0.25) is 0 Å². The summed E-state index contributed by atoms with van der Waals surface area (Å²) in [5, 5.41) is 0. The number of nitrogens with zero attached hydrogens (tertiary/aromatic N) is 1. The maximum atomic E-state index is 6.09. The molecular formula is C14H28N2. The lowest BCUT2D eigenvalue weighted by atomic mass is 9.84. The number of hydrogen-bond donors (Lipinski definition) is 1. The SMILES string of the molecule is CC1CCC(N(C)C2CCCC(N)C2)CC1. The molecule has 2 atom stereocenters. The molecular weight excluding hydrogens is 196 g/mol. The molecule has 2 rings (SSSR count). The summed E-state index contributed by atoms with van der Waals surface area (Å²) in [4.78, 5) is 2.66. The monoisotopic (exact) mass is 224 g/mol. The average Bonchev–Trinajstić information content (AvgIpc) is 2.29. The minimum Gasteiger partial charge on any atom is -0.328 e. The highest BCUT2D eigenvalue weighted by molar-refractivity contribution is 4.86. The van der Waals surface area contributed by atoms with Crippen molar-refractivity contribution in [1.82, 2.24) is 4.90 Å². The second-order valence-electron chi connectivity index (χ2n) is 6.16. The van der Waals surface area contributed by atoms with Crippen LogP contribution in [0.25, 0.3) is 0 Å². The van der Waals surface area contributed by atoms with E-state index in [9.17, 15) is 0 Å². The molecule has 0 aromatic heterocycles. The molecule has 0 aromatic carbocycles. The van der Waals surface area contributed by atoms with Crippen LogP contribution in [0.1, 0.15) is 58.3 Å². The summed E-state index contributed by atoms with van der Waals surface area (Å²) in [5.41, 5.74) is 6.09. The Balaban J connectivity index is 1.84. The van der Waals surface area contributed by atoms with Crippen LogP contribution in [0.4, 0.5) is 0 Å². The summed E-state index contributed by atoms with van der Waals surface area (Å²) in [7, 11) is 2.34. The van der Waals surface area contributed by atoms with Gasteiger partial charge in [0.2, 0.25) is 0 Å². The van der Waals surface area contributed by atoms with Crippen molar-refractivity contribution in [1.29, 1.82) is 0 Å². The van der Waals surface area contributed by atoms with Gasteiger partial charge in [0, 0.05) is 18.1 Å². The molecule has 2 N–H and O–H groups in total. The summed E-state index contributed by atoms with van der Waals surface area (Å²) in [6, 6.07) is 2.07. The highest BCUT2D eigenvalue weighted by atomic mass is 15.2. The highest BCUT2D eigenvalue weighted by Gasteiger charge is 2.29. The van der Waals surface area contributed by atoms with Gasteiger partial charge in [0.15, 0.2) is 0 Å². The molecule has 0 saturated heterocycles. The zero-order valence-electron chi connectivity index (χ0n) is 11.0. The number of rotatable bonds is 2. The lowest BCUT2D eigenvalue weighted by Crippen LogP contribution is -2.46. The van der Waals surface area contributed by atoms with Crippen LogP contribution in [-0.2, 0) is 0 Å². The van der Waals surface area contributed by atoms with Crippen molar-refractivity contribution in [3.63, 3.8) is 0 Å². The Kier molecular flexibility index (Phi) is 4.26. The van der Waals surface area contributed by atoms with Crippen LogP contribution < -0.4 is 5.73 Å². The molecule has 0 heterocycles. The smallest absolute Gasteiger partial charge is 0.0110 e. The minimum absolute atomic E-state index is 0.462. The minimum atomic E-state index is 0.462. The molecule has 0 radical (unpaired) electrons. The lowest BCUT2D eigenvalue weighted by Gasteiger charge is -2.41. The molecule has 0 amide bonds. The van der Waals surface area contributed by atoms with E-state index in [1.54, 1.807) is 0 Å². The summed E-state index contributed by atoms with van der Waals surface area (Å²) in [5.74, 6) is 0.957. The molecule has 0 spiro atoms. The fourth-order valence-electron chi connectivity index (χ4n) is 3.52. The average molecular weight is 224 g/mol. The van der Waals surface area contributed by atoms with Gasteiger partial charge in [-0.25, -0.2) is 0 Å². The van der Waals surface area contributed by atoms with Gasteiger partial charge < -0.3 is 10.6 Å². The Bertz CT molecular complexity index is 209. The third-order valence-corrected chi connectivity index (χ3v) is 4.82. The van der Waals surface area contributed by atoms with E-state index in [1.165, 1.54) is 51.4 Å². The molecule has 16 heavy (non-hydrogen) atoms. The second-order valence-corrected chi connectivity index (χ2v) is 6.16. The molecule has 0 aromatic rings. The first-order valence-corrected chi connectivity index (χ1v) is 7.14. The van der Waals surface area contributed by atoms with Gasteiger partial charge in [-0.05, 0) is 57.9 Å². The van der Waals surface area contributed by atoms with Crippen LogP contribution >= 0.6 is 0 Å². The van der Waals surface area contributed by atoms with Crippen LogP contribution in [0, 0.1) is 5.92 Å². The zero-order chi connectivity index (χ0) is 11.5. The van der Waals surface area contributed by atoms with Crippen molar-refractivity contribution >= 4 is 0 Å². The molecule has 2 aliphatic rings. The van der Waals surface area contributed by atoms with E-state index in [0.29, 0.717) is 6.04 Å². The first-order valence-electron chi connectivity index (χ1n) is 7.14. The number of hydrogen-bond acceptors (Lipinski definition) is 2. The van der Waals surface area contributed by atoms with Gasteiger partial charge in [0.05, 0.1) is 0 Å². The van der Waals surface area contributed by atoms with Gasteiger partial charge in [-0.2, -0.15) is 0 Å². The van der Waals surface area contributed by atoms with Gasteiger partial charge in [0.25, 0.3) is 0 Å². The Morgan fingerprint density at radius 2 is 1.62 bits per heavy atom. The van der Waals surface area contributed by atoms with Crippen LogP contribution in [-0.4, -0.2) is 30.1 Å². The van der Waals surface area contributed by atoms with E-state index in [0.717, 1.165) is 18.0 Å². The van der Waals surface area contributed by atoms with Gasteiger partial charge in [-0.15, -0.1) is 0 Å². The normalized spacial score (nSPS) is 41.2. The van der Waals surface area contributed by atoms with Gasteiger partial charge >= 0.3 is 0 Å². The van der Waals surface area contributed by atoms with Crippen LogP contribution in [0.3, 0.4) is 0 Å². The molecule has 2 heteroatoms. The molecule has 2 unspecified atom stereocenters. The largest absolute Gasteiger partial charge is 0.328 e. The van der Waals surface area contributed by atoms with E-state index in [-0.39, 0.29) is 0 Å². The molecule has 0 aliphatic heterocycles. The van der Waals surface area contributed by atoms with Crippen molar-refractivity contribution in [2.24, 2.45) is 11.7 Å². The summed E-state index contributed by atoms with van der Waals surface area (Å²) in [6.07, 6.45) is 10.8. The molecule has 2 aliphatic carbocycles. The predicted octanol–water partition coefficient (Wildman–Crippen LogP) is 2.77. The fourth-order valence-corrected chi connectivity index (χ4v) is 3.52. The Morgan fingerprint density at radius 1 is 0.938 bits per heavy atom. The standard InChI is InChI=1S/C14H28N2/c1-11-6-8-13(9-7-11)16(2)14-5-3-4-12(15)10-14/h11-14H,3-10,15H2,1-2H3. The fraction of sp³-hybridized carbons (Fsp3) is 1.00. The molecule has 2 fully saturated rings. The van der Waals surface area contributed by atoms with Gasteiger partial charge in [-0.3, -0.25) is 0 Å². The summed E-state index contributed by atoms with van der Waals surface area (Å²) >= 11 is 0. The van der Waals surface area contributed by atoms with E-state index < -0.39 is 0 Å². The van der Waals surface area contributed by atoms with Gasteiger partial charge in [-0.1, -0.05) is 13.3 Å². The Hall–Kier alpha value is -0.0800. The predicted molar refractivity (Wildman–Crippen MR) is 69.4 cm³/mol. The van der Waals surface area contributed by atoms with Crippen molar-refractivity contribution < 1.29 is 0 Å². The van der Waals surface area contributed by atoms with Crippen LogP contribution in [0.5, 0.6) is 0 Å². The van der Waals surface area contributed by atoms with E-state index in [2.05, 4.69) is 18.9 Å². The maximum Gasteiger partial charge on any atom is 0.0110 e.